The standard InChI is InChI=1S/C19H19BrN2OS.BrH/c1-14-3-9-17(10-4-14)22(19-21-11-2-12-24-19)13-18(23)15-5-7-16(20)8-6-15;/h3-10H,2,11-13H2,1H3;1H. The molecule has 3 nitrogen and oxygen atoms in total. The third kappa shape index (κ3) is 5.43. The summed E-state index contributed by atoms with van der Waals surface area (Å²) in [6.07, 6.45) is 1.09. The molecule has 0 bridgehead atoms. The zero-order chi connectivity index (χ0) is 16.9. The lowest BCUT2D eigenvalue weighted by Crippen LogP contribution is -2.35. The van der Waals surface area contributed by atoms with Gasteiger partial charge in [-0.3, -0.25) is 9.79 Å². The highest BCUT2D eigenvalue weighted by Gasteiger charge is 2.20. The van der Waals surface area contributed by atoms with Gasteiger partial charge in [0, 0.05) is 28.0 Å². The van der Waals surface area contributed by atoms with Crippen LogP contribution in [0, 0.1) is 6.92 Å². The van der Waals surface area contributed by atoms with Crippen molar-refractivity contribution in [2.24, 2.45) is 4.99 Å². The molecule has 0 aliphatic carbocycles. The molecule has 1 heterocycles. The van der Waals surface area contributed by atoms with Crippen molar-refractivity contribution < 1.29 is 4.79 Å². The number of aryl methyl sites for hydroxylation is 1. The fraction of sp³-hybridized carbons (Fsp3) is 0.263. The molecule has 0 unspecified atom stereocenters. The van der Waals surface area contributed by atoms with Crippen LogP contribution in [0.2, 0.25) is 0 Å². The molecule has 2 aromatic rings. The molecule has 0 atom stereocenters. The summed E-state index contributed by atoms with van der Waals surface area (Å²) in [6.45, 7) is 3.20. The number of rotatable bonds is 4. The van der Waals surface area contributed by atoms with Crippen LogP contribution >= 0.6 is 44.7 Å². The van der Waals surface area contributed by atoms with Crippen LogP contribution in [-0.2, 0) is 0 Å². The molecular weight excluding hydrogens is 464 g/mol. The highest BCUT2D eigenvalue weighted by molar-refractivity contribution is 9.10. The molecule has 0 radical (unpaired) electrons. The third-order valence-electron chi connectivity index (χ3n) is 3.83. The molecule has 1 aliphatic rings. The van der Waals surface area contributed by atoms with Gasteiger partial charge in [-0.2, -0.15) is 0 Å². The smallest absolute Gasteiger partial charge is 0.182 e. The second kappa shape index (κ2) is 9.55. The van der Waals surface area contributed by atoms with Crippen molar-refractivity contribution in [3.05, 3.63) is 64.1 Å². The zero-order valence-corrected chi connectivity index (χ0v) is 18.1. The number of thioether (sulfide) groups is 1. The first kappa shape index (κ1) is 20.2. The molecule has 0 spiro atoms. The van der Waals surface area contributed by atoms with Crippen LogP contribution < -0.4 is 4.90 Å². The van der Waals surface area contributed by atoms with E-state index in [4.69, 9.17) is 0 Å². The van der Waals surface area contributed by atoms with E-state index in [1.165, 1.54) is 5.56 Å². The first-order chi connectivity index (χ1) is 11.6. The van der Waals surface area contributed by atoms with Gasteiger partial charge in [-0.15, -0.1) is 17.0 Å². The lowest BCUT2D eigenvalue weighted by atomic mass is 10.1. The molecule has 25 heavy (non-hydrogen) atoms. The number of amidine groups is 1. The topological polar surface area (TPSA) is 32.7 Å². The molecule has 2 aromatic carbocycles. The summed E-state index contributed by atoms with van der Waals surface area (Å²) in [5, 5.41) is 0.940. The average molecular weight is 484 g/mol. The van der Waals surface area contributed by atoms with Gasteiger partial charge in [0.1, 0.15) is 0 Å². The zero-order valence-electron chi connectivity index (χ0n) is 13.9. The van der Waals surface area contributed by atoms with Gasteiger partial charge >= 0.3 is 0 Å². The number of anilines is 1. The third-order valence-corrected chi connectivity index (χ3v) is 5.45. The van der Waals surface area contributed by atoms with E-state index in [-0.39, 0.29) is 22.8 Å². The summed E-state index contributed by atoms with van der Waals surface area (Å²) in [7, 11) is 0. The maximum Gasteiger partial charge on any atom is 0.182 e. The maximum absolute atomic E-state index is 12.7. The minimum Gasteiger partial charge on any atom is -0.313 e. The maximum atomic E-state index is 12.7. The normalized spacial score (nSPS) is 13.6. The molecule has 6 heteroatoms. The van der Waals surface area contributed by atoms with Gasteiger partial charge < -0.3 is 4.90 Å². The van der Waals surface area contributed by atoms with Gasteiger partial charge in [0.25, 0.3) is 0 Å². The van der Waals surface area contributed by atoms with Crippen molar-refractivity contribution in [1.82, 2.24) is 0 Å². The molecule has 0 amide bonds. The number of nitrogens with zero attached hydrogens (tertiary/aromatic N) is 2. The van der Waals surface area contributed by atoms with Crippen molar-refractivity contribution in [3.8, 4) is 0 Å². The summed E-state index contributed by atoms with van der Waals surface area (Å²) in [6, 6.07) is 15.8. The predicted octanol–water partition coefficient (Wildman–Crippen LogP) is 5.52. The Morgan fingerprint density at radius 3 is 2.44 bits per heavy atom. The molecule has 1 aliphatic heterocycles. The van der Waals surface area contributed by atoms with Gasteiger partial charge in [0.05, 0.1) is 6.54 Å². The van der Waals surface area contributed by atoms with Gasteiger partial charge in [0.15, 0.2) is 11.0 Å². The molecule has 132 valence electrons. The van der Waals surface area contributed by atoms with Crippen molar-refractivity contribution in [2.75, 3.05) is 23.7 Å². The summed E-state index contributed by atoms with van der Waals surface area (Å²) in [4.78, 5) is 19.4. The van der Waals surface area contributed by atoms with Crippen LogP contribution in [-0.4, -0.2) is 29.8 Å². The van der Waals surface area contributed by atoms with Crippen molar-refractivity contribution >= 4 is 61.3 Å². The SMILES string of the molecule is Br.Cc1ccc(N(CC(=O)c2ccc(Br)cc2)C2=NCCCS2)cc1. The van der Waals surface area contributed by atoms with E-state index < -0.39 is 0 Å². The molecule has 0 saturated carbocycles. The molecule has 0 N–H and O–H groups in total. The second-order valence-electron chi connectivity index (χ2n) is 5.72. The summed E-state index contributed by atoms with van der Waals surface area (Å²) in [5.74, 6) is 1.14. The Balaban J connectivity index is 0.00000225. The van der Waals surface area contributed by atoms with Crippen molar-refractivity contribution in [2.45, 2.75) is 13.3 Å². The van der Waals surface area contributed by atoms with Crippen molar-refractivity contribution in [1.29, 1.82) is 0 Å². The van der Waals surface area contributed by atoms with E-state index >= 15 is 0 Å². The lowest BCUT2D eigenvalue weighted by molar-refractivity contribution is 0.100. The number of aliphatic imine (C=N–C) groups is 1. The Bertz CT molecular complexity index is 745. The Morgan fingerprint density at radius 1 is 1.16 bits per heavy atom. The highest BCUT2D eigenvalue weighted by Crippen LogP contribution is 2.24. The lowest BCUT2D eigenvalue weighted by Gasteiger charge is -2.27. The molecular formula is C19H20Br2N2OS. The number of hydrogen-bond donors (Lipinski definition) is 0. The van der Waals surface area contributed by atoms with E-state index in [9.17, 15) is 4.79 Å². The first-order valence-electron chi connectivity index (χ1n) is 7.94. The fourth-order valence-corrected chi connectivity index (χ4v) is 3.71. The Kier molecular flexibility index (Phi) is 7.72. The monoisotopic (exact) mass is 482 g/mol. The van der Waals surface area contributed by atoms with E-state index in [1.54, 1.807) is 11.8 Å². The van der Waals surface area contributed by atoms with Crippen molar-refractivity contribution in [3.63, 3.8) is 0 Å². The largest absolute Gasteiger partial charge is 0.313 e. The molecule has 3 rings (SSSR count). The minimum atomic E-state index is 0. The molecule has 0 saturated heterocycles. The van der Waals surface area contributed by atoms with E-state index in [0.29, 0.717) is 6.54 Å². The fourth-order valence-electron chi connectivity index (χ4n) is 2.48. The molecule has 0 aromatic heterocycles. The second-order valence-corrected chi connectivity index (χ2v) is 7.70. The van der Waals surface area contributed by atoms with E-state index in [2.05, 4.69) is 52.1 Å². The predicted molar refractivity (Wildman–Crippen MR) is 117 cm³/mol. The number of carbonyl (C=O) groups excluding carboxylic acids is 1. The number of halogens is 2. The summed E-state index contributed by atoms with van der Waals surface area (Å²) >= 11 is 5.13. The number of hydrogen-bond acceptors (Lipinski definition) is 4. The van der Waals surface area contributed by atoms with Gasteiger partial charge in [0.2, 0.25) is 0 Å². The number of Topliss-reactive ketones (excluding diaryl/α,β-unsaturated/α-hetero) is 1. The van der Waals surface area contributed by atoms with E-state index in [0.717, 1.165) is 39.6 Å². The average Bonchev–Trinajstić information content (AvgIpc) is 2.62. The van der Waals surface area contributed by atoms with Crippen LogP contribution in [0.3, 0.4) is 0 Å². The van der Waals surface area contributed by atoms with Crippen LogP contribution in [0.5, 0.6) is 0 Å². The van der Waals surface area contributed by atoms with Crippen LogP contribution in [0.15, 0.2) is 58.0 Å². The van der Waals surface area contributed by atoms with Crippen LogP contribution in [0.25, 0.3) is 0 Å². The van der Waals surface area contributed by atoms with Gasteiger partial charge in [-0.1, -0.05) is 57.5 Å². The first-order valence-corrected chi connectivity index (χ1v) is 9.71. The van der Waals surface area contributed by atoms with Gasteiger partial charge in [-0.25, -0.2) is 0 Å². The van der Waals surface area contributed by atoms with Crippen LogP contribution in [0.4, 0.5) is 5.69 Å². The number of benzene rings is 2. The Morgan fingerprint density at radius 2 is 1.84 bits per heavy atom. The van der Waals surface area contributed by atoms with Crippen LogP contribution in [0.1, 0.15) is 22.3 Å². The number of carbonyl (C=O) groups is 1. The minimum absolute atomic E-state index is 0. The summed E-state index contributed by atoms with van der Waals surface area (Å²) < 4.78 is 0.974. The molecule has 0 fully saturated rings. The Labute approximate surface area is 171 Å². The van der Waals surface area contributed by atoms with E-state index in [1.807, 2.05) is 29.2 Å². The summed E-state index contributed by atoms with van der Waals surface area (Å²) in [5.41, 5.74) is 2.94. The van der Waals surface area contributed by atoms with Gasteiger partial charge in [-0.05, 0) is 37.6 Å². The Hall–Kier alpha value is -1.11. The number of ketones is 1. The quantitative estimate of drug-likeness (QED) is 0.537. The highest BCUT2D eigenvalue weighted by atomic mass is 79.9.